The zero-order valence-corrected chi connectivity index (χ0v) is 11.1. The molecule has 1 heterocycles. The minimum Gasteiger partial charge on any atom is -0.368 e. The average Bonchev–Trinajstić information content (AvgIpc) is 2.34. The molecule has 1 amide bonds. The number of halogens is 1. The molecule has 1 saturated heterocycles. The molecule has 1 aliphatic heterocycles. The number of primary amides is 1. The van der Waals surface area contributed by atoms with E-state index in [1.165, 1.54) is 6.07 Å². The Morgan fingerprint density at radius 1 is 1.56 bits per heavy atom. The first-order chi connectivity index (χ1) is 8.56. The van der Waals surface area contributed by atoms with Gasteiger partial charge in [0.15, 0.2) is 0 Å². The van der Waals surface area contributed by atoms with Crippen LogP contribution in [-0.4, -0.2) is 22.4 Å². The molecule has 1 fully saturated rings. The monoisotopic (exact) mass is 268 g/mol. The van der Waals surface area contributed by atoms with E-state index in [0.29, 0.717) is 12.1 Å². The van der Waals surface area contributed by atoms with Crippen molar-refractivity contribution in [3.63, 3.8) is 0 Å². The Hall–Kier alpha value is -1.23. The Bertz CT molecular complexity index is 454. The molecule has 2 atom stereocenters. The molecule has 0 radical (unpaired) electrons. The molecule has 0 aliphatic carbocycles. The summed E-state index contributed by atoms with van der Waals surface area (Å²) in [5.41, 5.74) is 5.04. The lowest BCUT2D eigenvalue weighted by atomic mass is 9.88. The number of benzene rings is 1. The van der Waals surface area contributed by atoms with Gasteiger partial charge in [0.2, 0.25) is 5.91 Å². The Balaban J connectivity index is 2.32. The highest BCUT2D eigenvalue weighted by Gasteiger charge is 2.44. The van der Waals surface area contributed by atoms with Crippen molar-refractivity contribution in [3.05, 3.63) is 30.1 Å². The van der Waals surface area contributed by atoms with Crippen molar-refractivity contribution in [1.29, 1.82) is 0 Å². The smallest absolute Gasteiger partial charge is 0.244 e. The number of nitrogens with one attached hydrogen (secondary N) is 1. The van der Waals surface area contributed by atoms with E-state index < -0.39 is 11.4 Å². The first-order valence-electron chi connectivity index (χ1n) is 6.00. The average molecular weight is 268 g/mol. The van der Waals surface area contributed by atoms with Gasteiger partial charge in [0, 0.05) is 5.25 Å². The highest BCUT2D eigenvalue weighted by Crippen LogP contribution is 2.37. The maximum Gasteiger partial charge on any atom is 0.244 e. The number of carbonyl (C=O) groups excluding carboxylic acids is 1. The van der Waals surface area contributed by atoms with E-state index in [2.05, 4.69) is 5.32 Å². The van der Waals surface area contributed by atoms with Crippen molar-refractivity contribution < 1.29 is 9.18 Å². The van der Waals surface area contributed by atoms with Crippen LogP contribution in [0.25, 0.3) is 0 Å². The second-order valence-electron chi connectivity index (χ2n) is 4.56. The maximum absolute atomic E-state index is 13.7. The van der Waals surface area contributed by atoms with Crippen LogP contribution in [0.3, 0.4) is 0 Å². The van der Waals surface area contributed by atoms with Crippen molar-refractivity contribution in [1.82, 2.24) is 0 Å². The van der Waals surface area contributed by atoms with Gasteiger partial charge >= 0.3 is 0 Å². The molecule has 2 rings (SSSR count). The first kappa shape index (κ1) is 13.2. The predicted octanol–water partition coefficient (Wildman–Crippen LogP) is 2.38. The standard InChI is InChI=1S/C13H17FN2OS/c1-9-13(12(15)17,7-4-8-18-9)16-11-6-3-2-5-10(11)14/h2-3,5-6,9,16H,4,7-8H2,1H3,(H2,15,17). The normalized spacial score (nSPS) is 27.8. The fourth-order valence-electron chi connectivity index (χ4n) is 2.31. The molecule has 0 bridgehead atoms. The number of hydrogen-bond acceptors (Lipinski definition) is 3. The molecule has 3 nitrogen and oxygen atoms in total. The third-order valence-corrected chi connectivity index (χ3v) is 4.88. The Labute approximate surface area is 110 Å². The summed E-state index contributed by atoms with van der Waals surface area (Å²) in [6.07, 6.45) is 1.55. The van der Waals surface area contributed by atoms with Crippen LogP contribution in [0, 0.1) is 5.82 Å². The summed E-state index contributed by atoms with van der Waals surface area (Å²) in [6.45, 7) is 1.96. The summed E-state index contributed by atoms with van der Waals surface area (Å²) >= 11 is 1.69. The summed E-state index contributed by atoms with van der Waals surface area (Å²) in [4.78, 5) is 11.8. The fourth-order valence-corrected chi connectivity index (χ4v) is 3.55. The van der Waals surface area contributed by atoms with E-state index in [1.807, 2.05) is 6.92 Å². The highest BCUT2D eigenvalue weighted by atomic mass is 32.2. The van der Waals surface area contributed by atoms with Crippen LogP contribution >= 0.6 is 11.8 Å². The summed E-state index contributed by atoms with van der Waals surface area (Å²) in [5, 5.41) is 3.07. The SMILES string of the molecule is CC1SCCCC1(Nc1ccccc1F)C(N)=O. The van der Waals surface area contributed by atoms with Crippen molar-refractivity contribution in [3.8, 4) is 0 Å². The van der Waals surface area contributed by atoms with Gasteiger partial charge in [0.05, 0.1) is 5.69 Å². The van der Waals surface area contributed by atoms with Gasteiger partial charge in [0.25, 0.3) is 0 Å². The van der Waals surface area contributed by atoms with E-state index in [-0.39, 0.29) is 11.1 Å². The second-order valence-corrected chi connectivity index (χ2v) is 6.01. The van der Waals surface area contributed by atoms with E-state index in [9.17, 15) is 9.18 Å². The molecular weight excluding hydrogens is 251 g/mol. The summed E-state index contributed by atoms with van der Waals surface area (Å²) < 4.78 is 13.7. The number of para-hydroxylation sites is 1. The number of thioether (sulfide) groups is 1. The number of amides is 1. The minimum atomic E-state index is -0.856. The lowest BCUT2D eigenvalue weighted by Crippen LogP contribution is -2.58. The minimum absolute atomic E-state index is 0.0309. The van der Waals surface area contributed by atoms with Gasteiger partial charge in [-0.05, 0) is 30.7 Å². The zero-order valence-electron chi connectivity index (χ0n) is 10.3. The van der Waals surface area contributed by atoms with Gasteiger partial charge in [-0.25, -0.2) is 4.39 Å². The summed E-state index contributed by atoms with van der Waals surface area (Å²) in [7, 11) is 0. The molecule has 1 aromatic rings. The number of carbonyl (C=O) groups is 1. The zero-order chi connectivity index (χ0) is 13.2. The lowest BCUT2D eigenvalue weighted by molar-refractivity contribution is -0.122. The fraction of sp³-hybridized carbons (Fsp3) is 0.462. The number of rotatable bonds is 3. The number of nitrogens with two attached hydrogens (primary N) is 1. The van der Waals surface area contributed by atoms with Gasteiger partial charge in [-0.15, -0.1) is 0 Å². The third kappa shape index (κ3) is 2.32. The molecule has 18 heavy (non-hydrogen) atoms. The predicted molar refractivity (Wildman–Crippen MR) is 73.1 cm³/mol. The molecule has 0 spiro atoms. The lowest BCUT2D eigenvalue weighted by Gasteiger charge is -2.40. The van der Waals surface area contributed by atoms with Crippen LogP contribution in [0.4, 0.5) is 10.1 Å². The van der Waals surface area contributed by atoms with Gasteiger partial charge in [-0.1, -0.05) is 19.1 Å². The van der Waals surface area contributed by atoms with Gasteiger partial charge < -0.3 is 11.1 Å². The molecular formula is C13H17FN2OS. The van der Waals surface area contributed by atoms with Crippen LogP contribution in [0.5, 0.6) is 0 Å². The Morgan fingerprint density at radius 3 is 2.89 bits per heavy atom. The third-order valence-electron chi connectivity index (χ3n) is 3.45. The molecule has 1 aromatic carbocycles. The summed E-state index contributed by atoms with van der Waals surface area (Å²) in [5.74, 6) is 0.237. The second kappa shape index (κ2) is 5.18. The quantitative estimate of drug-likeness (QED) is 0.885. The topological polar surface area (TPSA) is 55.1 Å². The molecule has 3 N–H and O–H groups in total. The molecule has 0 aromatic heterocycles. The van der Waals surface area contributed by atoms with Crippen LogP contribution in [0.15, 0.2) is 24.3 Å². The number of hydrogen-bond donors (Lipinski definition) is 2. The van der Waals surface area contributed by atoms with Crippen LogP contribution < -0.4 is 11.1 Å². The molecule has 98 valence electrons. The van der Waals surface area contributed by atoms with Crippen LogP contribution in [0.2, 0.25) is 0 Å². The largest absolute Gasteiger partial charge is 0.368 e. The Kier molecular flexibility index (Phi) is 3.80. The van der Waals surface area contributed by atoms with E-state index in [4.69, 9.17) is 5.73 Å². The number of anilines is 1. The molecule has 2 unspecified atom stereocenters. The Morgan fingerprint density at radius 2 is 2.28 bits per heavy atom. The van der Waals surface area contributed by atoms with Crippen LogP contribution in [0.1, 0.15) is 19.8 Å². The van der Waals surface area contributed by atoms with Crippen molar-refractivity contribution >= 4 is 23.4 Å². The van der Waals surface area contributed by atoms with E-state index >= 15 is 0 Å². The van der Waals surface area contributed by atoms with Gasteiger partial charge in [0.1, 0.15) is 11.4 Å². The van der Waals surface area contributed by atoms with E-state index in [0.717, 1.165) is 12.2 Å². The molecule has 0 saturated carbocycles. The molecule has 5 heteroatoms. The maximum atomic E-state index is 13.7. The summed E-state index contributed by atoms with van der Waals surface area (Å²) in [6, 6.07) is 6.36. The van der Waals surface area contributed by atoms with Gasteiger partial charge in [-0.2, -0.15) is 11.8 Å². The van der Waals surface area contributed by atoms with Crippen molar-refractivity contribution in [2.75, 3.05) is 11.1 Å². The van der Waals surface area contributed by atoms with E-state index in [1.54, 1.807) is 30.0 Å². The highest BCUT2D eigenvalue weighted by molar-refractivity contribution is 8.00. The van der Waals surface area contributed by atoms with Crippen molar-refractivity contribution in [2.24, 2.45) is 5.73 Å². The first-order valence-corrected chi connectivity index (χ1v) is 7.05. The van der Waals surface area contributed by atoms with Crippen molar-refractivity contribution in [2.45, 2.75) is 30.6 Å². The molecule has 1 aliphatic rings. The van der Waals surface area contributed by atoms with Gasteiger partial charge in [-0.3, -0.25) is 4.79 Å². The van der Waals surface area contributed by atoms with Crippen LogP contribution in [-0.2, 0) is 4.79 Å².